The summed E-state index contributed by atoms with van der Waals surface area (Å²) >= 11 is 0. The molecule has 5 nitrogen and oxygen atoms in total. The second-order valence-corrected chi connectivity index (χ2v) is 5.61. The molecule has 0 saturated carbocycles. The fraction of sp³-hybridized carbons (Fsp3) is 0.571. The lowest BCUT2D eigenvalue weighted by Crippen LogP contribution is -2.39. The Bertz CT molecular complexity index is 508. The maximum atomic E-state index is 4.36. The Labute approximate surface area is 113 Å². The van der Waals surface area contributed by atoms with Crippen LogP contribution in [0.1, 0.15) is 31.2 Å². The van der Waals surface area contributed by atoms with E-state index >= 15 is 0 Å². The predicted molar refractivity (Wildman–Crippen MR) is 74.0 cm³/mol. The molecule has 2 aromatic heterocycles. The van der Waals surface area contributed by atoms with Gasteiger partial charge in [0.1, 0.15) is 0 Å². The van der Waals surface area contributed by atoms with Crippen LogP contribution in [-0.4, -0.2) is 32.6 Å². The zero-order valence-corrected chi connectivity index (χ0v) is 11.4. The Morgan fingerprint density at radius 2 is 2.11 bits per heavy atom. The molecule has 0 unspecified atom stereocenters. The minimum Gasteiger partial charge on any atom is -0.348 e. The third kappa shape index (κ3) is 2.56. The molecule has 0 aliphatic carbocycles. The van der Waals surface area contributed by atoms with Gasteiger partial charge in [-0.2, -0.15) is 0 Å². The number of aromatic amines is 1. The maximum absolute atomic E-state index is 4.36. The SMILES string of the molecule is CC1(c2cncn2CCc2cnc[nH]2)CCNCC1. The van der Waals surface area contributed by atoms with Crippen molar-refractivity contribution < 1.29 is 0 Å². The fourth-order valence-electron chi connectivity index (χ4n) is 2.90. The minimum atomic E-state index is 0.260. The average molecular weight is 259 g/mol. The van der Waals surface area contributed by atoms with E-state index in [0.717, 1.165) is 26.1 Å². The van der Waals surface area contributed by atoms with Crippen molar-refractivity contribution in [3.63, 3.8) is 0 Å². The normalized spacial score (nSPS) is 18.6. The van der Waals surface area contributed by atoms with Crippen molar-refractivity contribution in [3.05, 3.63) is 36.4 Å². The molecule has 1 aliphatic rings. The molecule has 1 aliphatic heterocycles. The van der Waals surface area contributed by atoms with Crippen molar-refractivity contribution in [1.82, 2.24) is 24.8 Å². The first-order valence-electron chi connectivity index (χ1n) is 6.96. The monoisotopic (exact) mass is 259 g/mol. The van der Waals surface area contributed by atoms with E-state index in [9.17, 15) is 0 Å². The Balaban J connectivity index is 1.74. The molecule has 0 radical (unpaired) electrons. The smallest absolute Gasteiger partial charge is 0.0948 e. The van der Waals surface area contributed by atoms with Gasteiger partial charge in [0.15, 0.2) is 0 Å². The second kappa shape index (κ2) is 5.17. The molecule has 5 heteroatoms. The number of aryl methyl sites for hydroxylation is 2. The van der Waals surface area contributed by atoms with Gasteiger partial charge in [-0.25, -0.2) is 9.97 Å². The fourth-order valence-corrected chi connectivity index (χ4v) is 2.90. The number of nitrogens with zero attached hydrogens (tertiary/aromatic N) is 3. The topological polar surface area (TPSA) is 58.5 Å². The first kappa shape index (κ1) is 12.4. The van der Waals surface area contributed by atoms with E-state index in [-0.39, 0.29) is 5.41 Å². The number of hydrogen-bond acceptors (Lipinski definition) is 3. The molecule has 0 atom stereocenters. The molecule has 19 heavy (non-hydrogen) atoms. The summed E-state index contributed by atoms with van der Waals surface area (Å²) in [5.74, 6) is 0. The molecule has 0 bridgehead atoms. The van der Waals surface area contributed by atoms with Gasteiger partial charge in [0.05, 0.1) is 12.7 Å². The van der Waals surface area contributed by atoms with Gasteiger partial charge in [-0.15, -0.1) is 0 Å². The predicted octanol–water partition coefficient (Wildman–Crippen LogP) is 1.49. The van der Waals surface area contributed by atoms with Crippen molar-refractivity contribution in [2.24, 2.45) is 0 Å². The molecule has 1 saturated heterocycles. The van der Waals surface area contributed by atoms with E-state index in [0.29, 0.717) is 0 Å². The Morgan fingerprint density at radius 3 is 2.84 bits per heavy atom. The number of H-pyrrole nitrogens is 1. The van der Waals surface area contributed by atoms with Crippen molar-refractivity contribution in [2.75, 3.05) is 13.1 Å². The van der Waals surface area contributed by atoms with Crippen molar-refractivity contribution in [2.45, 2.75) is 38.1 Å². The number of nitrogens with one attached hydrogen (secondary N) is 2. The molecule has 0 amide bonds. The molecular weight excluding hydrogens is 238 g/mol. The van der Waals surface area contributed by atoms with Gasteiger partial charge in [0, 0.05) is 42.2 Å². The van der Waals surface area contributed by atoms with Crippen LogP contribution in [0.3, 0.4) is 0 Å². The zero-order chi connectivity index (χ0) is 13.1. The largest absolute Gasteiger partial charge is 0.348 e. The minimum absolute atomic E-state index is 0.260. The second-order valence-electron chi connectivity index (χ2n) is 5.61. The van der Waals surface area contributed by atoms with Crippen molar-refractivity contribution in [1.29, 1.82) is 0 Å². The van der Waals surface area contributed by atoms with E-state index in [1.54, 1.807) is 6.33 Å². The highest BCUT2D eigenvalue weighted by molar-refractivity contribution is 5.15. The molecule has 0 spiro atoms. The highest BCUT2D eigenvalue weighted by Gasteiger charge is 2.31. The summed E-state index contributed by atoms with van der Waals surface area (Å²) in [6, 6.07) is 0. The summed E-state index contributed by atoms with van der Waals surface area (Å²) in [4.78, 5) is 11.6. The molecule has 3 heterocycles. The highest BCUT2D eigenvalue weighted by Crippen LogP contribution is 2.32. The number of imidazole rings is 2. The quantitative estimate of drug-likeness (QED) is 0.874. The first-order valence-corrected chi connectivity index (χ1v) is 6.96. The Morgan fingerprint density at radius 1 is 1.26 bits per heavy atom. The van der Waals surface area contributed by atoms with Gasteiger partial charge in [0.25, 0.3) is 0 Å². The molecule has 3 rings (SSSR count). The van der Waals surface area contributed by atoms with Gasteiger partial charge >= 0.3 is 0 Å². The van der Waals surface area contributed by atoms with Crippen LogP contribution < -0.4 is 5.32 Å². The van der Waals surface area contributed by atoms with E-state index in [4.69, 9.17) is 0 Å². The first-order chi connectivity index (χ1) is 9.28. The molecule has 102 valence electrons. The average Bonchev–Trinajstić information content (AvgIpc) is 3.09. The summed E-state index contributed by atoms with van der Waals surface area (Å²) in [5.41, 5.74) is 2.80. The van der Waals surface area contributed by atoms with Crippen LogP contribution in [0.15, 0.2) is 25.0 Å². The maximum Gasteiger partial charge on any atom is 0.0948 e. The summed E-state index contributed by atoms with van der Waals surface area (Å²) in [5, 5.41) is 3.43. The number of rotatable bonds is 4. The summed E-state index contributed by atoms with van der Waals surface area (Å²) in [6.07, 6.45) is 11.0. The molecule has 1 fully saturated rings. The van der Waals surface area contributed by atoms with Crippen molar-refractivity contribution >= 4 is 0 Å². The summed E-state index contributed by atoms with van der Waals surface area (Å²) < 4.78 is 2.30. The Hall–Kier alpha value is -1.62. The lowest BCUT2D eigenvalue weighted by atomic mass is 9.78. The number of aromatic nitrogens is 4. The number of hydrogen-bond donors (Lipinski definition) is 2. The molecule has 2 aromatic rings. The number of piperidine rings is 1. The van der Waals surface area contributed by atoms with Crippen molar-refractivity contribution in [3.8, 4) is 0 Å². The third-order valence-corrected chi connectivity index (χ3v) is 4.21. The summed E-state index contributed by atoms with van der Waals surface area (Å²) in [6.45, 7) is 5.52. The molecule has 0 aromatic carbocycles. The van der Waals surface area contributed by atoms with E-state index in [1.165, 1.54) is 24.2 Å². The lowest BCUT2D eigenvalue weighted by Gasteiger charge is -2.34. The van der Waals surface area contributed by atoms with E-state index < -0.39 is 0 Å². The van der Waals surface area contributed by atoms with Crippen LogP contribution in [0.4, 0.5) is 0 Å². The van der Waals surface area contributed by atoms with Crippen LogP contribution in [0.5, 0.6) is 0 Å². The van der Waals surface area contributed by atoms with Crippen LogP contribution in [0.2, 0.25) is 0 Å². The van der Waals surface area contributed by atoms with Crippen LogP contribution in [0.25, 0.3) is 0 Å². The zero-order valence-electron chi connectivity index (χ0n) is 11.4. The van der Waals surface area contributed by atoms with Gasteiger partial charge in [0.2, 0.25) is 0 Å². The van der Waals surface area contributed by atoms with Gasteiger partial charge in [-0.05, 0) is 25.9 Å². The van der Waals surface area contributed by atoms with Gasteiger partial charge in [-0.1, -0.05) is 6.92 Å². The van der Waals surface area contributed by atoms with E-state index in [1.807, 2.05) is 18.7 Å². The van der Waals surface area contributed by atoms with Crippen LogP contribution in [0, 0.1) is 0 Å². The highest BCUT2D eigenvalue weighted by atomic mass is 15.1. The third-order valence-electron chi connectivity index (χ3n) is 4.21. The van der Waals surface area contributed by atoms with Crippen LogP contribution in [-0.2, 0) is 18.4 Å². The lowest BCUT2D eigenvalue weighted by molar-refractivity contribution is 0.316. The van der Waals surface area contributed by atoms with E-state index in [2.05, 4.69) is 31.8 Å². The standard InChI is InChI=1S/C14H21N5/c1-14(3-5-15-6-4-14)13-9-17-11-19(13)7-2-12-8-16-10-18-12/h8-11,15H,2-7H2,1H3,(H,16,18). The van der Waals surface area contributed by atoms with Gasteiger partial charge < -0.3 is 14.9 Å². The van der Waals surface area contributed by atoms with Gasteiger partial charge in [-0.3, -0.25) is 0 Å². The Kier molecular flexibility index (Phi) is 3.38. The molecular formula is C14H21N5. The van der Waals surface area contributed by atoms with Crippen LogP contribution >= 0.6 is 0 Å². The molecule has 2 N–H and O–H groups in total. The summed E-state index contributed by atoms with van der Waals surface area (Å²) in [7, 11) is 0.